The van der Waals surface area contributed by atoms with Crippen LogP contribution in [0.25, 0.3) is 0 Å². The van der Waals surface area contributed by atoms with Gasteiger partial charge in [-0.3, -0.25) is 9.69 Å². The van der Waals surface area contributed by atoms with Gasteiger partial charge in [0, 0.05) is 31.4 Å². The van der Waals surface area contributed by atoms with E-state index in [4.69, 9.17) is 9.47 Å². The van der Waals surface area contributed by atoms with Crippen LogP contribution < -0.4 is 0 Å². The van der Waals surface area contributed by atoms with Crippen molar-refractivity contribution in [3.8, 4) is 0 Å². The molecule has 3 atom stereocenters. The summed E-state index contributed by atoms with van der Waals surface area (Å²) >= 11 is 0. The monoisotopic (exact) mass is 267 g/mol. The van der Waals surface area contributed by atoms with E-state index in [0.29, 0.717) is 19.5 Å². The zero-order chi connectivity index (χ0) is 13.2. The highest BCUT2D eigenvalue weighted by atomic mass is 16.6. The highest BCUT2D eigenvalue weighted by Gasteiger charge is 2.36. The molecule has 3 heterocycles. The maximum absolute atomic E-state index is 11.5. The molecule has 3 rings (SSSR count). The highest BCUT2D eigenvalue weighted by molar-refractivity contribution is 5.73. The minimum Gasteiger partial charge on any atom is -0.480 e. The molecule has 0 aromatic carbocycles. The van der Waals surface area contributed by atoms with Gasteiger partial charge in [-0.25, -0.2) is 4.98 Å². The first-order chi connectivity index (χ1) is 9.22. The lowest BCUT2D eigenvalue weighted by atomic mass is 10.1. The van der Waals surface area contributed by atoms with Crippen LogP contribution in [0.2, 0.25) is 0 Å². The fourth-order valence-corrected chi connectivity index (χ4v) is 2.18. The van der Waals surface area contributed by atoms with Crippen molar-refractivity contribution in [3.63, 3.8) is 0 Å². The average Bonchev–Trinajstić information content (AvgIpc) is 3.29. The van der Waals surface area contributed by atoms with E-state index >= 15 is 0 Å². The number of epoxide rings is 2. The minimum atomic E-state index is -0.823. The molecule has 7 heteroatoms. The summed E-state index contributed by atoms with van der Waals surface area (Å²) in [6.45, 7) is 2.73. The summed E-state index contributed by atoms with van der Waals surface area (Å²) in [4.78, 5) is 20.3. The number of rotatable bonds is 8. The minimum absolute atomic E-state index is 0.169. The van der Waals surface area contributed by atoms with E-state index in [1.165, 1.54) is 0 Å². The number of aliphatic carboxylic acids is 1. The third kappa shape index (κ3) is 3.52. The Morgan fingerprint density at radius 2 is 2.11 bits per heavy atom. The van der Waals surface area contributed by atoms with E-state index in [1.807, 2.05) is 4.90 Å². The van der Waals surface area contributed by atoms with Gasteiger partial charge >= 0.3 is 5.97 Å². The van der Waals surface area contributed by atoms with Gasteiger partial charge in [0.1, 0.15) is 6.04 Å². The molecule has 2 aliphatic heterocycles. The smallest absolute Gasteiger partial charge is 0.321 e. The zero-order valence-electron chi connectivity index (χ0n) is 10.5. The Kier molecular flexibility index (Phi) is 3.50. The number of H-pyrrole nitrogens is 1. The van der Waals surface area contributed by atoms with Gasteiger partial charge in [0.25, 0.3) is 0 Å². The van der Waals surface area contributed by atoms with Gasteiger partial charge in [0.05, 0.1) is 31.7 Å². The quantitative estimate of drug-likeness (QED) is 0.617. The van der Waals surface area contributed by atoms with E-state index in [9.17, 15) is 9.90 Å². The zero-order valence-corrected chi connectivity index (χ0v) is 10.5. The summed E-state index contributed by atoms with van der Waals surface area (Å²) in [7, 11) is 0. The Labute approximate surface area is 110 Å². The normalized spacial score (nSPS) is 26.4. The molecule has 19 heavy (non-hydrogen) atoms. The molecule has 2 unspecified atom stereocenters. The van der Waals surface area contributed by atoms with Crippen molar-refractivity contribution in [2.24, 2.45) is 0 Å². The lowest BCUT2D eigenvalue weighted by Gasteiger charge is -2.27. The average molecular weight is 267 g/mol. The van der Waals surface area contributed by atoms with Gasteiger partial charge in [-0.05, 0) is 0 Å². The predicted molar refractivity (Wildman–Crippen MR) is 64.8 cm³/mol. The van der Waals surface area contributed by atoms with Crippen LogP contribution in [0.5, 0.6) is 0 Å². The van der Waals surface area contributed by atoms with E-state index in [0.717, 1.165) is 18.9 Å². The summed E-state index contributed by atoms with van der Waals surface area (Å²) in [5, 5.41) is 9.45. The second-order valence-corrected chi connectivity index (χ2v) is 5.00. The van der Waals surface area contributed by atoms with Crippen LogP contribution in [0.15, 0.2) is 12.5 Å². The summed E-state index contributed by atoms with van der Waals surface area (Å²) in [6.07, 6.45) is 3.97. The van der Waals surface area contributed by atoms with Gasteiger partial charge in [0.2, 0.25) is 0 Å². The van der Waals surface area contributed by atoms with Gasteiger partial charge in [0.15, 0.2) is 0 Å². The number of hydrogen-bond acceptors (Lipinski definition) is 5. The molecule has 2 N–H and O–H groups in total. The van der Waals surface area contributed by atoms with Gasteiger partial charge in [-0.2, -0.15) is 0 Å². The number of aromatic amines is 1. The van der Waals surface area contributed by atoms with Crippen LogP contribution >= 0.6 is 0 Å². The number of nitrogens with one attached hydrogen (secondary N) is 1. The van der Waals surface area contributed by atoms with E-state index in [2.05, 4.69) is 9.97 Å². The molecule has 0 spiro atoms. The summed E-state index contributed by atoms with van der Waals surface area (Å²) in [5.74, 6) is -0.823. The molecule has 1 aromatic heterocycles. The number of ether oxygens (including phenoxy) is 2. The van der Waals surface area contributed by atoms with Gasteiger partial charge in [-0.15, -0.1) is 0 Å². The molecule has 2 saturated heterocycles. The first-order valence-corrected chi connectivity index (χ1v) is 6.39. The van der Waals surface area contributed by atoms with Crippen molar-refractivity contribution >= 4 is 5.97 Å². The molecule has 7 nitrogen and oxygen atoms in total. The van der Waals surface area contributed by atoms with E-state index in [1.54, 1.807) is 12.5 Å². The molecular formula is C12H17N3O4. The summed E-state index contributed by atoms with van der Waals surface area (Å²) < 4.78 is 10.4. The lowest BCUT2D eigenvalue weighted by molar-refractivity contribution is -0.143. The molecule has 0 amide bonds. The van der Waals surface area contributed by atoms with Crippen LogP contribution in [-0.2, 0) is 20.7 Å². The number of carboxylic acid groups (broad SMARTS) is 1. The number of carbonyl (C=O) groups is 1. The Morgan fingerprint density at radius 1 is 1.47 bits per heavy atom. The molecular weight excluding hydrogens is 250 g/mol. The van der Waals surface area contributed by atoms with E-state index in [-0.39, 0.29) is 12.2 Å². The van der Waals surface area contributed by atoms with Gasteiger partial charge < -0.3 is 19.6 Å². The molecule has 0 radical (unpaired) electrons. The first kappa shape index (κ1) is 12.6. The van der Waals surface area contributed by atoms with Crippen molar-refractivity contribution in [2.75, 3.05) is 26.3 Å². The van der Waals surface area contributed by atoms with E-state index < -0.39 is 12.0 Å². The molecule has 0 saturated carbocycles. The topological polar surface area (TPSA) is 94.3 Å². The SMILES string of the molecule is O=C(O)[C@H](Cc1cnc[nH]1)N(CC1CO1)CC1CO1. The number of carboxylic acids is 1. The van der Waals surface area contributed by atoms with Crippen molar-refractivity contribution < 1.29 is 19.4 Å². The number of hydrogen-bond donors (Lipinski definition) is 2. The molecule has 1 aromatic rings. The first-order valence-electron chi connectivity index (χ1n) is 6.39. The van der Waals surface area contributed by atoms with Crippen LogP contribution in [0.1, 0.15) is 5.69 Å². The standard InChI is InChI=1S/C12H17N3O4/c16-12(17)11(1-8-2-13-7-14-8)15(3-9-5-18-9)4-10-6-19-10/h2,7,9-11H,1,3-6H2,(H,13,14)(H,16,17)/t9?,10?,11-/m0/s1. The van der Waals surface area contributed by atoms with Crippen molar-refractivity contribution in [1.29, 1.82) is 0 Å². The maximum Gasteiger partial charge on any atom is 0.321 e. The Bertz CT molecular complexity index is 414. The fraction of sp³-hybridized carbons (Fsp3) is 0.667. The molecule has 0 bridgehead atoms. The summed E-state index contributed by atoms with van der Waals surface area (Å²) in [6, 6.07) is -0.575. The van der Waals surface area contributed by atoms with Crippen molar-refractivity contribution in [3.05, 3.63) is 18.2 Å². The largest absolute Gasteiger partial charge is 0.480 e. The fourth-order valence-electron chi connectivity index (χ4n) is 2.18. The van der Waals surface area contributed by atoms with Crippen LogP contribution in [0.3, 0.4) is 0 Å². The van der Waals surface area contributed by atoms with Crippen molar-refractivity contribution in [2.45, 2.75) is 24.7 Å². The number of imidazole rings is 1. The Hall–Kier alpha value is -1.44. The summed E-state index contributed by atoms with van der Waals surface area (Å²) in [5.41, 5.74) is 0.825. The lowest BCUT2D eigenvalue weighted by Crippen LogP contribution is -2.46. The number of nitrogens with zero attached hydrogens (tertiary/aromatic N) is 2. The van der Waals surface area contributed by atoms with Crippen LogP contribution in [0, 0.1) is 0 Å². The predicted octanol–water partition coefficient (Wildman–Crippen LogP) is -0.495. The molecule has 2 aliphatic rings. The molecule has 2 fully saturated rings. The third-order valence-corrected chi connectivity index (χ3v) is 3.37. The third-order valence-electron chi connectivity index (χ3n) is 3.37. The van der Waals surface area contributed by atoms with Crippen LogP contribution in [0.4, 0.5) is 0 Å². The molecule has 104 valence electrons. The Balaban J connectivity index is 1.67. The Morgan fingerprint density at radius 3 is 2.53 bits per heavy atom. The molecule has 0 aliphatic carbocycles. The highest BCUT2D eigenvalue weighted by Crippen LogP contribution is 2.19. The second-order valence-electron chi connectivity index (χ2n) is 5.00. The maximum atomic E-state index is 11.5. The van der Waals surface area contributed by atoms with Crippen molar-refractivity contribution in [1.82, 2.24) is 14.9 Å². The van der Waals surface area contributed by atoms with Gasteiger partial charge in [-0.1, -0.05) is 0 Å². The van der Waals surface area contributed by atoms with Crippen LogP contribution in [-0.4, -0.2) is 70.5 Å². The number of aromatic nitrogens is 2. The second kappa shape index (κ2) is 5.28.